The predicted octanol–water partition coefficient (Wildman–Crippen LogP) is 1.70. The highest BCUT2D eigenvalue weighted by atomic mass is 16.5. The summed E-state index contributed by atoms with van der Waals surface area (Å²) in [6, 6.07) is 7.67. The number of nitriles is 1. The Kier molecular flexibility index (Phi) is 4.18. The summed E-state index contributed by atoms with van der Waals surface area (Å²) in [5.41, 5.74) is 2.05. The van der Waals surface area contributed by atoms with Gasteiger partial charge in [-0.25, -0.2) is 9.48 Å². The second-order valence-electron chi connectivity index (χ2n) is 4.56. The number of carboxylic acids is 1. The third-order valence-corrected chi connectivity index (χ3v) is 2.97. The molecule has 1 aromatic carbocycles. The molecule has 0 amide bonds. The van der Waals surface area contributed by atoms with Crippen LogP contribution in [0, 0.1) is 25.2 Å². The van der Waals surface area contributed by atoms with Crippen LogP contribution in [0.2, 0.25) is 0 Å². The van der Waals surface area contributed by atoms with Crippen LogP contribution in [0.5, 0.6) is 5.75 Å². The molecule has 0 atom stereocenters. The highest BCUT2D eigenvalue weighted by Gasteiger charge is 2.19. The van der Waals surface area contributed by atoms with Crippen molar-refractivity contribution in [3.8, 4) is 11.8 Å². The zero-order chi connectivity index (χ0) is 15.4. The summed E-state index contributed by atoms with van der Waals surface area (Å²) in [5, 5.41) is 25.1. The van der Waals surface area contributed by atoms with Gasteiger partial charge in [-0.2, -0.15) is 5.26 Å². The van der Waals surface area contributed by atoms with E-state index in [0.29, 0.717) is 5.75 Å². The topological polar surface area (TPSA) is 101 Å². The first-order chi connectivity index (χ1) is 10.0. The van der Waals surface area contributed by atoms with Crippen LogP contribution >= 0.6 is 0 Å². The molecule has 7 nitrogen and oxygen atoms in total. The molecule has 0 bridgehead atoms. The van der Waals surface area contributed by atoms with Gasteiger partial charge in [0.1, 0.15) is 24.6 Å². The number of carboxylic acid groups (broad SMARTS) is 1. The molecule has 0 radical (unpaired) electrons. The minimum Gasteiger partial charge on any atom is -0.487 e. The number of aryl methyl sites for hydroxylation is 2. The van der Waals surface area contributed by atoms with Gasteiger partial charge >= 0.3 is 5.97 Å². The second-order valence-corrected chi connectivity index (χ2v) is 4.56. The summed E-state index contributed by atoms with van der Waals surface area (Å²) < 4.78 is 6.90. The van der Waals surface area contributed by atoms with E-state index in [1.54, 1.807) is 0 Å². The van der Waals surface area contributed by atoms with Crippen LogP contribution in [0.25, 0.3) is 0 Å². The van der Waals surface area contributed by atoms with Crippen LogP contribution in [0.1, 0.15) is 27.3 Å². The first-order valence-corrected chi connectivity index (χ1v) is 6.25. The first kappa shape index (κ1) is 14.5. The molecule has 0 saturated heterocycles. The lowest BCUT2D eigenvalue weighted by Crippen LogP contribution is -2.11. The van der Waals surface area contributed by atoms with Crippen molar-refractivity contribution in [2.75, 3.05) is 0 Å². The van der Waals surface area contributed by atoms with E-state index in [0.717, 1.165) is 11.1 Å². The molecule has 0 fully saturated rings. The molecule has 7 heteroatoms. The fraction of sp³-hybridized carbons (Fsp3) is 0.286. The molecule has 2 rings (SSSR count). The minimum absolute atomic E-state index is 0.0133. The maximum absolute atomic E-state index is 11.1. The Morgan fingerprint density at radius 3 is 2.90 bits per heavy atom. The van der Waals surface area contributed by atoms with Gasteiger partial charge in [0.15, 0.2) is 5.69 Å². The average Bonchev–Trinajstić information content (AvgIpc) is 2.83. The number of benzene rings is 1. The van der Waals surface area contributed by atoms with Crippen molar-refractivity contribution in [2.45, 2.75) is 27.0 Å². The van der Waals surface area contributed by atoms with Crippen molar-refractivity contribution >= 4 is 5.97 Å². The summed E-state index contributed by atoms with van der Waals surface area (Å²) in [6.45, 7) is 3.75. The SMILES string of the molecule is Cc1ccc(C)c(OCc2c(C(=O)O)nnn2CC#N)c1. The van der Waals surface area contributed by atoms with E-state index in [1.807, 2.05) is 38.1 Å². The molecule has 0 unspecified atom stereocenters. The quantitative estimate of drug-likeness (QED) is 0.897. The van der Waals surface area contributed by atoms with Crippen LogP contribution in [-0.4, -0.2) is 26.1 Å². The molecule has 0 saturated carbocycles. The lowest BCUT2D eigenvalue weighted by atomic mass is 10.1. The Labute approximate surface area is 121 Å². The van der Waals surface area contributed by atoms with Crippen molar-refractivity contribution in [1.82, 2.24) is 15.0 Å². The Hall–Kier alpha value is -2.88. The molecule has 0 aliphatic rings. The zero-order valence-electron chi connectivity index (χ0n) is 11.7. The van der Waals surface area contributed by atoms with Gasteiger partial charge in [-0.05, 0) is 31.0 Å². The zero-order valence-corrected chi connectivity index (χ0v) is 11.7. The van der Waals surface area contributed by atoms with E-state index < -0.39 is 5.97 Å². The molecule has 1 heterocycles. The highest BCUT2D eigenvalue weighted by molar-refractivity contribution is 5.86. The Bertz CT molecular complexity index is 715. The molecular formula is C14H14N4O3. The van der Waals surface area contributed by atoms with E-state index in [2.05, 4.69) is 10.3 Å². The molecule has 0 aliphatic heterocycles. The third-order valence-electron chi connectivity index (χ3n) is 2.97. The summed E-state index contributed by atoms with van der Waals surface area (Å²) >= 11 is 0. The minimum atomic E-state index is -1.20. The maximum Gasteiger partial charge on any atom is 0.358 e. The Balaban J connectivity index is 2.26. The van der Waals surface area contributed by atoms with Gasteiger partial charge in [0.2, 0.25) is 0 Å². The van der Waals surface area contributed by atoms with Gasteiger partial charge < -0.3 is 9.84 Å². The monoisotopic (exact) mass is 286 g/mol. The van der Waals surface area contributed by atoms with Crippen molar-refractivity contribution in [1.29, 1.82) is 5.26 Å². The largest absolute Gasteiger partial charge is 0.487 e. The van der Waals surface area contributed by atoms with Gasteiger partial charge in [-0.15, -0.1) is 5.10 Å². The molecule has 1 aromatic heterocycles. The number of aromatic nitrogens is 3. The first-order valence-electron chi connectivity index (χ1n) is 6.25. The van der Waals surface area contributed by atoms with E-state index in [4.69, 9.17) is 15.1 Å². The summed E-state index contributed by atoms with van der Waals surface area (Å²) in [4.78, 5) is 11.1. The molecule has 0 spiro atoms. The summed E-state index contributed by atoms with van der Waals surface area (Å²) in [5.74, 6) is -0.533. The number of nitrogens with zero attached hydrogens (tertiary/aromatic N) is 4. The lowest BCUT2D eigenvalue weighted by molar-refractivity contribution is 0.0687. The Morgan fingerprint density at radius 1 is 1.48 bits per heavy atom. The van der Waals surface area contributed by atoms with Crippen LogP contribution < -0.4 is 4.74 Å². The molecule has 108 valence electrons. The number of rotatable bonds is 5. The van der Waals surface area contributed by atoms with Gasteiger partial charge in [0, 0.05) is 0 Å². The van der Waals surface area contributed by atoms with Crippen LogP contribution in [0.4, 0.5) is 0 Å². The predicted molar refractivity (Wildman–Crippen MR) is 72.8 cm³/mol. The standard InChI is InChI=1S/C14H14N4O3/c1-9-3-4-10(2)12(7-9)21-8-11-13(14(19)20)16-17-18(11)6-5-15/h3-4,7H,6,8H2,1-2H3,(H,19,20). The van der Waals surface area contributed by atoms with Gasteiger partial charge in [0.05, 0.1) is 6.07 Å². The van der Waals surface area contributed by atoms with Gasteiger partial charge in [0.25, 0.3) is 0 Å². The van der Waals surface area contributed by atoms with E-state index in [-0.39, 0.29) is 24.5 Å². The van der Waals surface area contributed by atoms with E-state index in [9.17, 15) is 4.79 Å². The van der Waals surface area contributed by atoms with Crippen molar-refractivity contribution in [3.05, 3.63) is 40.7 Å². The normalized spacial score (nSPS) is 10.1. The molecule has 1 N–H and O–H groups in total. The van der Waals surface area contributed by atoms with Crippen LogP contribution in [0.15, 0.2) is 18.2 Å². The Morgan fingerprint density at radius 2 is 2.24 bits per heavy atom. The lowest BCUT2D eigenvalue weighted by Gasteiger charge is -2.10. The maximum atomic E-state index is 11.1. The molecule has 0 aliphatic carbocycles. The number of hydrogen-bond acceptors (Lipinski definition) is 5. The number of aromatic carboxylic acids is 1. The van der Waals surface area contributed by atoms with E-state index in [1.165, 1.54) is 4.68 Å². The number of carbonyl (C=O) groups is 1. The van der Waals surface area contributed by atoms with Crippen molar-refractivity contribution in [2.24, 2.45) is 0 Å². The van der Waals surface area contributed by atoms with Gasteiger partial charge in [-0.1, -0.05) is 17.3 Å². The number of ether oxygens (including phenoxy) is 1. The molecule has 21 heavy (non-hydrogen) atoms. The fourth-order valence-corrected chi connectivity index (χ4v) is 1.84. The summed E-state index contributed by atoms with van der Waals surface area (Å²) in [7, 11) is 0. The van der Waals surface area contributed by atoms with Crippen LogP contribution in [0.3, 0.4) is 0 Å². The highest BCUT2D eigenvalue weighted by Crippen LogP contribution is 2.21. The molecular weight excluding hydrogens is 272 g/mol. The van der Waals surface area contributed by atoms with Crippen molar-refractivity contribution in [3.63, 3.8) is 0 Å². The molecule has 2 aromatic rings. The average molecular weight is 286 g/mol. The third kappa shape index (κ3) is 3.17. The fourth-order valence-electron chi connectivity index (χ4n) is 1.84. The summed E-state index contributed by atoms with van der Waals surface area (Å²) in [6.07, 6.45) is 0. The number of hydrogen-bond donors (Lipinski definition) is 1. The second kappa shape index (κ2) is 6.05. The van der Waals surface area contributed by atoms with Crippen molar-refractivity contribution < 1.29 is 14.6 Å². The van der Waals surface area contributed by atoms with E-state index >= 15 is 0 Å². The van der Waals surface area contributed by atoms with Crippen LogP contribution in [-0.2, 0) is 13.2 Å². The van der Waals surface area contributed by atoms with Gasteiger partial charge in [-0.3, -0.25) is 0 Å². The smallest absolute Gasteiger partial charge is 0.358 e.